The van der Waals surface area contributed by atoms with Crippen molar-refractivity contribution in [2.75, 3.05) is 17.4 Å². The number of nitrogens with zero attached hydrogens (tertiary/aromatic N) is 4. The lowest BCUT2D eigenvalue weighted by molar-refractivity contribution is 0.852. The number of anilines is 2. The molecule has 0 unspecified atom stereocenters. The van der Waals surface area contributed by atoms with E-state index in [0.29, 0.717) is 12.5 Å². The van der Waals surface area contributed by atoms with Gasteiger partial charge in [0, 0.05) is 24.5 Å². The van der Waals surface area contributed by atoms with Gasteiger partial charge in [0.1, 0.15) is 5.82 Å². The molecule has 0 radical (unpaired) electrons. The average molecular weight is 258 g/mol. The van der Waals surface area contributed by atoms with Crippen LogP contribution in [0.3, 0.4) is 0 Å². The number of nitrogens with two attached hydrogens (primary N) is 1. The molecule has 6 nitrogen and oxygen atoms in total. The molecule has 100 valence electrons. The van der Waals surface area contributed by atoms with Crippen molar-refractivity contribution in [3.05, 3.63) is 41.3 Å². The fourth-order valence-electron chi connectivity index (χ4n) is 1.82. The number of nitrogens with one attached hydrogen (secondary N) is 1. The van der Waals surface area contributed by atoms with Gasteiger partial charge < -0.3 is 4.90 Å². The van der Waals surface area contributed by atoms with Crippen LogP contribution in [0, 0.1) is 13.8 Å². The Balaban J connectivity index is 2.20. The number of hydrazine groups is 1. The van der Waals surface area contributed by atoms with E-state index in [0.717, 1.165) is 22.9 Å². The molecule has 0 aliphatic heterocycles. The molecule has 0 fully saturated rings. The highest BCUT2D eigenvalue weighted by Crippen LogP contribution is 2.15. The molecular formula is C13H18N6. The number of pyridine rings is 1. The van der Waals surface area contributed by atoms with Crippen molar-refractivity contribution in [1.82, 2.24) is 15.0 Å². The molecule has 0 saturated carbocycles. The topological polar surface area (TPSA) is 80.0 Å². The van der Waals surface area contributed by atoms with E-state index >= 15 is 0 Å². The highest BCUT2D eigenvalue weighted by Gasteiger charge is 2.07. The molecule has 0 atom stereocenters. The van der Waals surface area contributed by atoms with Gasteiger partial charge in [-0.15, -0.1) is 0 Å². The van der Waals surface area contributed by atoms with Crippen LogP contribution in [-0.4, -0.2) is 22.0 Å². The summed E-state index contributed by atoms with van der Waals surface area (Å²) in [4.78, 5) is 15.0. The van der Waals surface area contributed by atoms with Gasteiger partial charge in [-0.25, -0.2) is 10.8 Å². The summed E-state index contributed by atoms with van der Waals surface area (Å²) in [5.74, 6) is 6.58. The van der Waals surface area contributed by atoms with E-state index in [1.54, 1.807) is 0 Å². The third-order valence-corrected chi connectivity index (χ3v) is 2.71. The normalized spacial score (nSPS) is 10.3. The quantitative estimate of drug-likeness (QED) is 0.637. The van der Waals surface area contributed by atoms with Crippen molar-refractivity contribution in [1.29, 1.82) is 0 Å². The van der Waals surface area contributed by atoms with E-state index in [9.17, 15) is 0 Å². The second-order valence-corrected chi connectivity index (χ2v) is 4.46. The summed E-state index contributed by atoms with van der Waals surface area (Å²) in [6.07, 6.45) is 0. The molecule has 0 aromatic carbocycles. The van der Waals surface area contributed by atoms with Crippen LogP contribution in [0.15, 0.2) is 24.3 Å². The van der Waals surface area contributed by atoms with E-state index < -0.39 is 0 Å². The van der Waals surface area contributed by atoms with Gasteiger partial charge in [0.25, 0.3) is 0 Å². The lowest BCUT2D eigenvalue weighted by atomic mass is 10.3. The third kappa shape index (κ3) is 3.38. The van der Waals surface area contributed by atoms with Crippen LogP contribution in [-0.2, 0) is 6.54 Å². The minimum atomic E-state index is 0.416. The van der Waals surface area contributed by atoms with Crippen LogP contribution in [0.25, 0.3) is 0 Å². The number of aryl methyl sites for hydroxylation is 2. The van der Waals surface area contributed by atoms with Crippen molar-refractivity contribution in [3.63, 3.8) is 0 Å². The number of rotatable bonds is 4. The first kappa shape index (κ1) is 13.2. The minimum Gasteiger partial charge on any atom is -0.354 e. The van der Waals surface area contributed by atoms with Gasteiger partial charge in [-0.1, -0.05) is 6.07 Å². The fraction of sp³-hybridized carbons (Fsp3) is 0.308. The summed E-state index contributed by atoms with van der Waals surface area (Å²) in [5, 5.41) is 0. The van der Waals surface area contributed by atoms with E-state index in [4.69, 9.17) is 5.84 Å². The Morgan fingerprint density at radius 3 is 2.63 bits per heavy atom. The smallest absolute Gasteiger partial charge is 0.239 e. The van der Waals surface area contributed by atoms with Gasteiger partial charge >= 0.3 is 0 Å². The second kappa shape index (κ2) is 5.62. The molecule has 0 saturated heterocycles. The van der Waals surface area contributed by atoms with Crippen LogP contribution in [0.2, 0.25) is 0 Å². The van der Waals surface area contributed by atoms with E-state index in [1.807, 2.05) is 50.1 Å². The maximum Gasteiger partial charge on any atom is 0.239 e. The summed E-state index contributed by atoms with van der Waals surface area (Å²) in [7, 11) is 1.96. The summed E-state index contributed by atoms with van der Waals surface area (Å²) in [5.41, 5.74) is 5.34. The van der Waals surface area contributed by atoms with Crippen LogP contribution in [0.4, 0.5) is 11.8 Å². The van der Waals surface area contributed by atoms with Gasteiger partial charge in [-0.05, 0) is 26.0 Å². The van der Waals surface area contributed by atoms with Gasteiger partial charge in [-0.2, -0.15) is 4.98 Å². The van der Waals surface area contributed by atoms with Crippen molar-refractivity contribution < 1.29 is 0 Å². The second-order valence-electron chi connectivity index (χ2n) is 4.46. The Morgan fingerprint density at radius 2 is 1.95 bits per heavy atom. The van der Waals surface area contributed by atoms with Crippen LogP contribution < -0.4 is 16.2 Å². The monoisotopic (exact) mass is 258 g/mol. The van der Waals surface area contributed by atoms with E-state index in [2.05, 4.69) is 20.4 Å². The lowest BCUT2D eigenvalue weighted by Crippen LogP contribution is -2.20. The summed E-state index contributed by atoms with van der Waals surface area (Å²) in [6.45, 7) is 4.57. The average Bonchev–Trinajstić information content (AvgIpc) is 2.38. The minimum absolute atomic E-state index is 0.416. The largest absolute Gasteiger partial charge is 0.354 e. The molecule has 6 heteroatoms. The predicted molar refractivity (Wildman–Crippen MR) is 75.7 cm³/mol. The standard InChI is InChI=1S/C13H18N6/c1-9-5-4-6-11(15-9)8-19(3)12-7-10(2)16-13(17-12)18-14/h4-7H,8,14H2,1-3H3,(H,16,17,18). The first-order chi connectivity index (χ1) is 9.08. The van der Waals surface area contributed by atoms with Crippen molar-refractivity contribution in [2.24, 2.45) is 5.84 Å². The summed E-state index contributed by atoms with van der Waals surface area (Å²) < 4.78 is 0. The van der Waals surface area contributed by atoms with Gasteiger partial charge in [-0.3, -0.25) is 10.4 Å². The number of hydrogen-bond donors (Lipinski definition) is 2. The predicted octanol–water partition coefficient (Wildman–Crippen LogP) is 1.41. The molecule has 0 spiro atoms. The molecule has 0 aliphatic carbocycles. The Kier molecular flexibility index (Phi) is 3.91. The first-order valence-corrected chi connectivity index (χ1v) is 6.04. The first-order valence-electron chi connectivity index (χ1n) is 6.04. The molecule has 19 heavy (non-hydrogen) atoms. The highest BCUT2D eigenvalue weighted by molar-refractivity contribution is 5.43. The Hall–Kier alpha value is -2.21. The maximum atomic E-state index is 5.35. The number of aromatic nitrogens is 3. The Labute approximate surface area is 112 Å². The Morgan fingerprint density at radius 1 is 1.16 bits per heavy atom. The van der Waals surface area contributed by atoms with Crippen LogP contribution >= 0.6 is 0 Å². The number of nitrogen functional groups attached to an aromatic ring is 1. The molecule has 3 N–H and O–H groups in total. The molecule has 0 amide bonds. The summed E-state index contributed by atoms with van der Waals surface area (Å²) >= 11 is 0. The molecule has 2 aromatic rings. The highest BCUT2D eigenvalue weighted by atomic mass is 15.3. The number of hydrogen-bond acceptors (Lipinski definition) is 6. The van der Waals surface area contributed by atoms with E-state index in [-0.39, 0.29) is 0 Å². The lowest BCUT2D eigenvalue weighted by Gasteiger charge is -2.18. The maximum absolute atomic E-state index is 5.35. The molecular weight excluding hydrogens is 240 g/mol. The zero-order valence-electron chi connectivity index (χ0n) is 11.4. The van der Waals surface area contributed by atoms with Crippen LogP contribution in [0.1, 0.15) is 17.1 Å². The van der Waals surface area contributed by atoms with Crippen molar-refractivity contribution >= 4 is 11.8 Å². The van der Waals surface area contributed by atoms with Gasteiger partial charge in [0.05, 0.1) is 12.2 Å². The molecule has 0 bridgehead atoms. The molecule has 2 rings (SSSR count). The SMILES string of the molecule is Cc1cccc(CN(C)c2cc(C)nc(NN)n2)n1. The van der Waals surface area contributed by atoms with Gasteiger partial charge in [0.15, 0.2) is 0 Å². The van der Waals surface area contributed by atoms with E-state index in [1.165, 1.54) is 0 Å². The third-order valence-electron chi connectivity index (χ3n) is 2.71. The molecule has 2 heterocycles. The zero-order chi connectivity index (χ0) is 13.8. The van der Waals surface area contributed by atoms with Crippen LogP contribution in [0.5, 0.6) is 0 Å². The fourth-order valence-corrected chi connectivity index (χ4v) is 1.82. The van der Waals surface area contributed by atoms with Crippen molar-refractivity contribution in [2.45, 2.75) is 20.4 Å². The molecule has 0 aliphatic rings. The van der Waals surface area contributed by atoms with Gasteiger partial charge in [0.2, 0.25) is 5.95 Å². The zero-order valence-corrected chi connectivity index (χ0v) is 11.4. The summed E-state index contributed by atoms with van der Waals surface area (Å²) in [6, 6.07) is 7.90. The Bertz CT molecular complexity index is 569. The molecule has 2 aromatic heterocycles. The van der Waals surface area contributed by atoms with Crippen molar-refractivity contribution in [3.8, 4) is 0 Å².